The molecule has 0 aliphatic heterocycles. The van der Waals surface area contributed by atoms with Gasteiger partial charge in [0, 0.05) is 10.0 Å². The van der Waals surface area contributed by atoms with Gasteiger partial charge in [0.15, 0.2) is 0 Å². The molecule has 1 unspecified atom stereocenters. The molecule has 0 bridgehead atoms. The number of ether oxygens (including phenoxy) is 1. The van der Waals surface area contributed by atoms with Crippen LogP contribution < -0.4 is 4.74 Å². The summed E-state index contributed by atoms with van der Waals surface area (Å²) in [5, 5.41) is -0.413. The number of halogens is 4. The number of benzene rings is 2. The third kappa shape index (κ3) is 3.30. The first-order valence-corrected chi connectivity index (χ1v) is 7.47. The predicted octanol–water partition coefficient (Wildman–Crippen LogP) is 5.69. The van der Waals surface area contributed by atoms with E-state index in [4.69, 9.17) is 16.3 Å². The largest absolute Gasteiger partial charge is 0.496 e. The van der Waals surface area contributed by atoms with E-state index in [-0.39, 0.29) is 5.82 Å². The zero-order chi connectivity index (χ0) is 14.0. The van der Waals surface area contributed by atoms with E-state index in [9.17, 15) is 4.39 Å². The topological polar surface area (TPSA) is 9.23 Å². The van der Waals surface area contributed by atoms with Crippen molar-refractivity contribution in [2.75, 3.05) is 7.11 Å². The van der Waals surface area contributed by atoms with Crippen LogP contribution in [0.2, 0.25) is 0 Å². The van der Waals surface area contributed by atoms with Crippen molar-refractivity contribution in [1.29, 1.82) is 0 Å². The van der Waals surface area contributed by atoms with E-state index in [1.807, 2.05) is 18.2 Å². The second-order valence-electron chi connectivity index (χ2n) is 3.92. The molecule has 100 valence electrons. The molecule has 0 aromatic heterocycles. The Labute approximate surface area is 133 Å². The van der Waals surface area contributed by atoms with Crippen molar-refractivity contribution in [3.8, 4) is 5.75 Å². The molecule has 19 heavy (non-hydrogen) atoms. The molecule has 0 heterocycles. The Kier molecular flexibility index (Phi) is 4.87. The Morgan fingerprint density at radius 3 is 2.53 bits per heavy atom. The van der Waals surface area contributed by atoms with E-state index < -0.39 is 5.38 Å². The van der Waals surface area contributed by atoms with E-state index in [0.29, 0.717) is 10.2 Å². The third-order valence-electron chi connectivity index (χ3n) is 2.70. The SMILES string of the molecule is COc1ccc(Br)cc1C(Cl)c1ccc(F)c(Br)c1. The first kappa shape index (κ1) is 14.8. The first-order chi connectivity index (χ1) is 9.02. The van der Waals surface area contributed by atoms with Crippen molar-refractivity contribution in [3.05, 3.63) is 62.3 Å². The lowest BCUT2D eigenvalue weighted by molar-refractivity contribution is 0.410. The van der Waals surface area contributed by atoms with E-state index in [0.717, 1.165) is 15.6 Å². The summed E-state index contributed by atoms with van der Waals surface area (Å²) in [6.07, 6.45) is 0. The van der Waals surface area contributed by atoms with E-state index >= 15 is 0 Å². The fourth-order valence-electron chi connectivity index (χ4n) is 1.75. The molecule has 0 aliphatic rings. The smallest absolute Gasteiger partial charge is 0.137 e. The Morgan fingerprint density at radius 1 is 1.16 bits per heavy atom. The highest BCUT2D eigenvalue weighted by molar-refractivity contribution is 9.10. The van der Waals surface area contributed by atoms with Crippen LogP contribution in [0.3, 0.4) is 0 Å². The summed E-state index contributed by atoms with van der Waals surface area (Å²) in [7, 11) is 1.59. The van der Waals surface area contributed by atoms with E-state index in [1.54, 1.807) is 19.2 Å². The normalized spacial score (nSPS) is 12.3. The molecule has 2 aromatic carbocycles. The van der Waals surface area contributed by atoms with Crippen LogP contribution in [0, 0.1) is 5.82 Å². The van der Waals surface area contributed by atoms with Crippen LogP contribution in [0.5, 0.6) is 5.75 Å². The molecule has 0 saturated heterocycles. The first-order valence-electron chi connectivity index (χ1n) is 5.45. The van der Waals surface area contributed by atoms with Crippen LogP contribution >= 0.6 is 43.5 Å². The maximum atomic E-state index is 13.3. The number of hydrogen-bond acceptors (Lipinski definition) is 1. The maximum Gasteiger partial charge on any atom is 0.137 e. The molecule has 0 fully saturated rings. The van der Waals surface area contributed by atoms with Crippen molar-refractivity contribution >= 4 is 43.5 Å². The van der Waals surface area contributed by atoms with Gasteiger partial charge in [-0.2, -0.15) is 0 Å². The predicted molar refractivity (Wildman–Crippen MR) is 82.5 cm³/mol. The summed E-state index contributed by atoms with van der Waals surface area (Å²) in [4.78, 5) is 0. The van der Waals surface area contributed by atoms with Gasteiger partial charge in [-0.3, -0.25) is 0 Å². The van der Waals surface area contributed by atoms with Gasteiger partial charge in [0.05, 0.1) is 17.0 Å². The van der Waals surface area contributed by atoms with Gasteiger partial charge in [-0.1, -0.05) is 22.0 Å². The molecule has 1 nitrogen and oxygen atoms in total. The summed E-state index contributed by atoms with van der Waals surface area (Å²) in [5.74, 6) is 0.387. The molecule has 0 saturated carbocycles. The Balaban J connectivity index is 2.45. The summed E-state index contributed by atoms with van der Waals surface area (Å²) < 4.78 is 19.9. The van der Waals surface area contributed by atoms with Gasteiger partial charge >= 0.3 is 0 Å². The average molecular weight is 408 g/mol. The summed E-state index contributed by atoms with van der Waals surface area (Å²) >= 11 is 13.0. The Hall–Kier alpha value is -0.580. The fraction of sp³-hybridized carbons (Fsp3) is 0.143. The second-order valence-corrected chi connectivity index (χ2v) is 6.13. The fourth-order valence-corrected chi connectivity index (χ4v) is 2.83. The maximum absolute atomic E-state index is 13.3. The molecule has 0 N–H and O–H groups in total. The van der Waals surface area contributed by atoms with E-state index in [1.165, 1.54) is 6.07 Å². The monoisotopic (exact) mass is 406 g/mol. The van der Waals surface area contributed by atoms with Crippen LogP contribution in [0.1, 0.15) is 16.5 Å². The van der Waals surface area contributed by atoms with Gasteiger partial charge in [-0.15, -0.1) is 11.6 Å². The Morgan fingerprint density at radius 2 is 1.89 bits per heavy atom. The quantitative estimate of drug-likeness (QED) is 0.593. The van der Waals surface area contributed by atoms with Crippen molar-refractivity contribution in [1.82, 2.24) is 0 Å². The van der Waals surface area contributed by atoms with E-state index in [2.05, 4.69) is 31.9 Å². The summed E-state index contributed by atoms with van der Waals surface area (Å²) in [6, 6.07) is 10.3. The number of methoxy groups -OCH3 is 1. The lowest BCUT2D eigenvalue weighted by atomic mass is 10.0. The minimum absolute atomic E-state index is 0.311. The van der Waals surface area contributed by atoms with Gasteiger partial charge in [0.1, 0.15) is 11.6 Å². The molecular formula is C14H10Br2ClFO. The number of rotatable bonds is 3. The minimum Gasteiger partial charge on any atom is -0.496 e. The highest BCUT2D eigenvalue weighted by Gasteiger charge is 2.17. The highest BCUT2D eigenvalue weighted by Crippen LogP contribution is 2.37. The minimum atomic E-state index is -0.413. The molecule has 2 rings (SSSR count). The van der Waals surface area contributed by atoms with Crippen molar-refractivity contribution in [2.45, 2.75) is 5.38 Å². The van der Waals surface area contributed by atoms with Crippen LogP contribution in [0.4, 0.5) is 4.39 Å². The van der Waals surface area contributed by atoms with Gasteiger partial charge < -0.3 is 4.74 Å². The number of alkyl halides is 1. The second kappa shape index (κ2) is 6.25. The molecule has 0 aliphatic carbocycles. The standard InChI is InChI=1S/C14H10Br2ClFO/c1-19-13-5-3-9(15)7-10(13)14(17)8-2-4-12(18)11(16)6-8/h2-7,14H,1H3. The zero-order valence-corrected chi connectivity index (χ0v) is 13.9. The van der Waals surface area contributed by atoms with Crippen LogP contribution in [-0.2, 0) is 0 Å². The molecule has 0 spiro atoms. The third-order valence-corrected chi connectivity index (χ3v) is 4.29. The molecule has 0 radical (unpaired) electrons. The summed E-state index contributed by atoms with van der Waals surface area (Å²) in [5.41, 5.74) is 1.63. The van der Waals surface area contributed by atoms with Gasteiger partial charge in [0.2, 0.25) is 0 Å². The van der Waals surface area contributed by atoms with Crippen molar-refractivity contribution in [3.63, 3.8) is 0 Å². The number of hydrogen-bond donors (Lipinski definition) is 0. The van der Waals surface area contributed by atoms with Gasteiger partial charge in [0.25, 0.3) is 0 Å². The highest BCUT2D eigenvalue weighted by atomic mass is 79.9. The van der Waals surface area contributed by atoms with Crippen molar-refractivity contribution < 1.29 is 9.13 Å². The van der Waals surface area contributed by atoms with Crippen LogP contribution in [-0.4, -0.2) is 7.11 Å². The van der Waals surface area contributed by atoms with Gasteiger partial charge in [-0.25, -0.2) is 4.39 Å². The van der Waals surface area contributed by atoms with Crippen LogP contribution in [0.25, 0.3) is 0 Å². The zero-order valence-electron chi connectivity index (χ0n) is 9.96. The molecular weight excluding hydrogens is 398 g/mol. The summed E-state index contributed by atoms with van der Waals surface area (Å²) in [6.45, 7) is 0. The molecule has 5 heteroatoms. The molecule has 0 amide bonds. The lowest BCUT2D eigenvalue weighted by Crippen LogP contribution is -1.98. The average Bonchev–Trinajstić information content (AvgIpc) is 2.41. The molecule has 1 atom stereocenters. The Bertz CT molecular complexity index is 604. The van der Waals surface area contributed by atoms with Gasteiger partial charge in [-0.05, 0) is 51.8 Å². The van der Waals surface area contributed by atoms with Crippen LogP contribution in [0.15, 0.2) is 45.3 Å². The molecule has 2 aromatic rings. The van der Waals surface area contributed by atoms with Crippen molar-refractivity contribution in [2.24, 2.45) is 0 Å². The lowest BCUT2D eigenvalue weighted by Gasteiger charge is -2.15.